The van der Waals surface area contributed by atoms with Crippen LogP contribution in [0.4, 0.5) is 0 Å². The van der Waals surface area contributed by atoms with Gasteiger partial charge in [0.15, 0.2) is 5.96 Å². The lowest BCUT2D eigenvalue weighted by atomic mass is 9.92. The molecule has 1 heterocycles. The first-order valence-electron chi connectivity index (χ1n) is 7.22. The average molecular weight is 421 g/mol. The normalized spacial score (nSPS) is 11.6. The van der Waals surface area contributed by atoms with E-state index in [1.165, 1.54) is 5.56 Å². The van der Waals surface area contributed by atoms with E-state index in [2.05, 4.69) is 33.2 Å². The first-order chi connectivity index (χ1) is 9.89. The van der Waals surface area contributed by atoms with Gasteiger partial charge in [0, 0.05) is 46.1 Å². The summed E-state index contributed by atoms with van der Waals surface area (Å²) in [4.78, 5) is 16.1. The van der Waals surface area contributed by atoms with Crippen LogP contribution in [0.15, 0.2) is 23.5 Å². The molecule has 0 bridgehead atoms. The Morgan fingerprint density at radius 3 is 2.50 bits per heavy atom. The van der Waals surface area contributed by atoms with Crippen LogP contribution < -0.4 is 16.0 Å². The number of amides is 1. The van der Waals surface area contributed by atoms with Gasteiger partial charge in [-0.1, -0.05) is 0 Å². The van der Waals surface area contributed by atoms with Gasteiger partial charge in [0.2, 0.25) is 5.91 Å². The van der Waals surface area contributed by atoms with E-state index in [-0.39, 0.29) is 29.9 Å². The van der Waals surface area contributed by atoms with Crippen LogP contribution in [-0.4, -0.2) is 36.6 Å². The molecule has 3 N–H and O–H groups in total. The summed E-state index contributed by atoms with van der Waals surface area (Å²) in [5.41, 5.74) is 0.698. The number of nitrogens with zero attached hydrogens (tertiary/aromatic N) is 2. The molecule has 0 saturated heterocycles. The molecular formula is C15H28IN5O. The summed E-state index contributed by atoms with van der Waals surface area (Å²) in [6, 6.07) is 2.05. The van der Waals surface area contributed by atoms with Crippen molar-refractivity contribution >= 4 is 35.8 Å². The maximum atomic E-state index is 11.9. The second kappa shape index (κ2) is 9.70. The van der Waals surface area contributed by atoms with E-state index in [0.29, 0.717) is 25.6 Å². The van der Waals surface area contributed by atoms with Gasteiger partial charge in [-0.15, -0.1) is 24.0 Å². The maximum Gasteiger partial charge on any atom is 0.227 e. The molecule has 6 nitrogen and oxygen atoms in total. The second-order valence-corrected chi connectivity index (χ2v) is 5.71. The molecule has 0 aliphatic carbocycles. The standard InChI is InChI=1S/C15H27N5O.HI/c1-6-17-13(21)15(2,3)11-19-14(16-4)18-9-12-7-8-20(5)10-12;/h7-8,10H,6,9,11H2,1-5H3,(H,17,21)(H2,16,18,19);1H. The summed E-state index contributed by atoms with van der Waals surface area (Å²) in [5.74, 6) is 0.729. The topological polar surface area (TPSA) is 70.4 Å². The number of aliphatic imine (C=N–C) groups is 1. The summed E-state index contributed by atoms with van der Waals surface area (Å²) in [6.45, 7) is 7.60. The number of halogens is 1. The van der Waals surface area contributed by atoms with Crippen molar-refractivity contribution < 1.29 is 4.79 Å². The van der Waals surface area contributed by atoms with Gasteiger partial charge in [0.1, 0.15) is 0 Å². The minimum Gasteiger partial charge on any atom is -0.357 e. The Labute approximate surface area is 150 Å². The first-order valence-corrected chi connectivity index (χ1v) is 7.22. The lowest BCUT2D eigenvalue weighted by Gasteiger charge is -2.24. The van der Waals surface area contributed by atoms with Crippen LogP contribution in [0.25, 0.3) is 0 Å². The number of carbonyl (C=O) groups is 1. The number of rotatable bonds is 6. The summed E-state index contributed by atoms with van der Waals surface area (Å²) in [5, 5.41) is 9.28. The molecule has 126 valence electrons. The number of aromatic nitrogens is 1. The smallest absolute Gasteiger partial charge is 0.227 e. The molecule has 0 saturated carbocycles. The van der Waals surface area contributed by atoms with Crippen LogP contribution in [0, 0.1) is 5.41 Å². The van der Waals surface area contributed by atoms with Crippen molar-refractivity contribution in [2.45, 2.75) is 27.3 Å². The Kier molecular flexibility index (Phi) is 9.15. The predicted molar refractivity (Wildman–Crippen MR) is 101 cm³/mol. The monoisotopic (exact) mass is 421 g/mol. The second-order valence-electron chi connectivity index (χ2n) is 5.71. The average Bonchev–Trinajstić information content (AvgIpc) is 2.85. The highest BCUT2D eigenvalue weighted by Crippen LogP contribution is 2.13. The van der Waals surface area contributed by atoms with Gasteiger partial charge in [-0.2, -0.15) is 0 Å². The third-order valence-electron chi connectivity index (χ3n) is 3.23. The lowest BCUT2D eigenvalue weighted by Crippen LogP contribution is -2.47. The Morgan fingerprint density at radius 1 is 1.32 bits per heavy atom. The molecule has 1 aromatic rings. The molecule has 0 radical (unpaired) electrons. The van der Waals surface area contributed by atoms with Crippen molar-refractivity contribution in [2.75, 3.05) is 20.1 Å². The summed E-state index contributed by atoms with van der Waals surface area (Å²) in [7, 11) is 3.71. The highest BCUT2D eigenvalue weighted by Gasteiger charge is 2.27. The quantitative estimate of drug-likeness (QED) is 0.370. The predicted octanol–water partition coefficient (Wildman–Crippen LogP) is 1.47. The van der Waals surface area contributed by atoms with Gasteiger partial charge in [0.25, 0.3) is 0 Å². The van der Waals surface area contributed by atoms with Gasteiger partial charge in [0.05, 0.1) is 5.41 Å². The number of hydrogen-bond acceptors (Lipinski definition) is 2. The third kappa shape index (κ3) is 6.67. The van der Waals surface area contributed by atoms with Gasteiger partial charge >= 0.3 is 0 Å². The lowest BCUT2D eigenvalue weighted by molar-refractivity contribution is -0.128. The van der Waals surface area contributed by atoms with Crippen LogP contribution in [0.3, 0.4) is 0 Å². The SMILES string of the molecule is CCNC(=O)C(C)(C)CNC(=NC)NCc1ccn(C)c1.I. The fourth-order valence-corrected chi connectivity index (χ4v) is 1.86. The Hall–Kier alpha value is -1.25. The van der Waals surface area contributed by atoms with Crippen molar-refractivity contribution in [2.24, 2.45) is 17.5 Å². The molecule has 0 aliphatic heterocycles. The van der Waals surface area contributed by atoms with Crippen LogP contribution in [0.5, 0.6) is 0 Å². The molecule has 0 aliphatic rings. The van der Waals surface area contributed by atoms with Gasteiger partial charge < -0.3 is 20.5 Å². The van der Waals surface area contributed by atoms with Crippen LogP contribution >= 0.6 is 24.0 Å². The Bertz CT molecular complexity index is 496. The first kappa shape index (κ1) is 20.8. The molecule has 7 heteroatoms. The molecule has 1 aromatic heterocycles. The van der Waals surface area contributed by atoms with E-state index in [9.17, 15) is 4.79 Å². The zero-order valence-corrected chi connectivity index (χ0v) is 16.4. The number of carbonyl (C=O) groups excluding carboxylic acids is 1. The summed E-state index contributed by atoms with van der Waals surface area (Å²) >= 11 is 0. The van der Waals surface area contributed by atoms with Crippen LogP contribution in [0.2, 0.25) is 0 Å². The number of hydrogen-bond donors (Lipinski definition) is 3. The van der Waals surface area contributed by atoms with Crippen molar-refractivity contribution in [3.63, 3.8) is 0 Å². The van der Waals surface area contributed by atoms with Gasteiger partial charge in [-0.3, -0.25) is 9.79 Å². The molecule has 0 fully saturated rings. The van der Waals surface area contributed by atoms with E-state index in [1.807, 2.05) is 38.6 Å². The minimum absolute atomic E-state index is 0. The highest BCUT2D eigenvalue weighted by molar-refractivity contribution is 14.0. The zero-order chi connectivity index (χ0) is 15.9. The molecule has 0 aromatic carbocycles. The molecule has 0 spiro atoms. The number of guanidine groups is 1. The van der Waals surface area contributed by atoms with Gasteiger partial charge in [-0.05, 0) is 32.4 Å². The largest absolute Gasteiger partial charge is 0.357 e. The Morgan fingerprint density at radius 2 is 2.00 bits per heavy atom. The molecule has 0 unspecified atom stereocenters. The molecular weight excluding hydrogens is 393 g/mol. The molecule has 1 amide bonds. The van der Waals surface area contributed by atoms with Crippen LogP contribution in [-0.2, 0) is 18.4 Å². The Balaban J connectivity index is 0.00000441. The number of aryl methyl sites for hydroxylation is 1. The van der Waals surface area contributed by atoms with Crippen molar-refractivity contribution in [3.8, 4) is 0 Å². The van der Waals surface area contributed by atoms with E-state index < -0.39 is 5.41 Å². The van der Waals surface area contributed by atoms with Gasteiger partial charge in [-0.25, -0.2) is 0 Å². The molecule has 1 rings (SSSR count). The van der Waals surface area contributed by atoms with E-state index >= 15 is 0 Å². The molecule has 22 heavy (non-hydrogen) atoms. The fourth-order valence-electron chi connectivity index (χ4n) is 1.86. The third-order valence-corrected chi connectivity index (χ3v) is 3.23. The maximum absolute atomic E-state index is 11.9. The minimum atomic E-state index is -0.486. The summed E-state index contributed by atoms with van der Waals surface area (Å²) in [6.07, 6.45) is 4.06. The van der Waals surface area contributed by atoms with Crippen molar-refractivity contribution in [3.05, 3.63) is 24.0 Å². The highest BCUT2D eigenvalue weighted by atomic mass is 127. The fraction of sp³-hybridized carbons (Fsp3) is 0.600. The van der Waals surface area contributed by atoms with E-state index in [0.717, 1.165) is 0 Å². The zero-order valence-electron chi connectivity index (χ0n) is 14.1. The summed E-state index contributed by atoms with van der Waals surface area (Å²) < 4.78 is 2.01. The van der Waals surface area contributed by atoms with Crippen molar-refractivity contribution in [1.29, 1.82) is 0 Å². The molecule has 0 atom stereocenters. The van der Waals surface area contributed by atoms with E-state index in [1.54, 1.807) is 7.05 Å². The van der Waals surface area contributed by atoms with Crippen LogP contribution in [0.1, 0.15) is 26.3 Å². The van der Waals surface area contributed by atoms with Crippen molar-refractivity contribution in [1.82, 2.24) is 20.5 Å². The van der Waals surface area contributed by atoms with E-state index in [4.69, 9.17) is 0 Å². The number of nitrogens with one attached hydrogen (secondary N) is 3.